The van der Waals surface area contributed by atoms with E-state index in [1.54, 1.807) is 7.05 Å². The average Bonchev–Trinajstić information content (AvgIpc) is 3.21. The summed E-state index contributed by atoms with van der Waals surface area (Å²) in [5.41, 5.74) is 2.36. The van der Waals surface area contributed by atoms with Gasteiger partial charge in [-0.05, 0) is 17.5 Å². The second-order valence-electron chi connectivity index (χ2n) is 6.78. The van der Waals surface area contributed by atoms with Crippen molar-refractivity contribution >= 4 is 6.03 Å². The minimum absolute atomic E-state index is 0.00394. The number of hydrogen-bond donors (Lipinski definition) is 1. The Morgan fingerprint density at radius 1 is 1.07 bits per heavy atom. The molecule has 1 aromatic heterocycles. The van der Waals surface area contributed by atoms with Gasteiger partial charge in [0.1, 0.15) is 5.82 Å². The van der Waals surface area contributed by atoms with Gasteiger partial charge in [-0.25, -0.2) is 9.78 Å². The fourth-order valence-corrected chi connectivity index (χ4v) is 3.28. The summed E-state index contributed by atoms with van der Waals surface area (Å²) < 4.78 is 26.6. The van der Waals surface area contributed by atoms with Gasteiger partial charge in [0.15, 0.2) is 0 Å². The van der Waals surface area contributed by atoms with Crippen molar-refractivity contribution in [1.82, 2.24) is 19.8 Å². The molecule has 0 saturated carbocycles. The van der Waals surface area contributed by atoms with Gasteiger partial charge in [-0.15, -0.1) is 0 Å². The number of carbonyl (C=O) groups excluding carboxylic acids is 1. The van der Waals surface area contributed by atoms with E-state index >= 15 is 0 Å². The van der Waals surface area contributed by atoms with Gasteiger partial charge in [0.25, 0.3) is 0 Å². The summed E-state index contributed by atoms with van der Waals surface area (Å²) in [7, 11) is 1.56. The maximum atomic E-state index is 12.9. The molecule has 29 heavy (non-hydrogen) atoms. The van der Waals surface area contributed by atoms with Gasteiger partial charge >= 0.3 is 12.6 Å². The average molecular weight is 398 g/mol. The van der Waals surface area contributed by atoms with Crippen LogP contribution in [0.25, 0.3) is 0 Å². The van der Waals surface area contributed by atoms with Gasteiger partial charge in [0.2, 0.25) is 0 Å². The smallest absolute Gasteiger partial charge is 0.319 e. The summed E-state index contributed by atoms with van der Waals surface area (Å²) in [5.74, 6) is 0.296. The number of alkyl halides is 2. The van der Waals surface area contributed by atoms with Crippen LogP contribution in [0.2, 0.25) is 0 Å². The Morgan fingerprint density at radius 2 is 1.66 bits per heavy atom. The van der Waals surface area contributed by atoms with Crippen molar-refractivity contribution < 1.29 is 13.6 Å². The van der Waals surface area contributed by atoms with Gasteiger partial charge in [-0.1, -0.05) is 60.7 Å². The van der Waals surface area contributed by atoms with Crippen LogP contribution in [0, 0.1) is 0 Å². The number of hydrogen-bond acceptors (Lipinski definition) is 2. The molecule has 1 heterocycles. The van der Waals surface area contributed by atoms with Crippen molar-refractivity contribution in [2.24, 2.45) is 0 Å². The number of halogens is 2. The summed E-state index contributed by atoms with van der Waals surface area (Å²) in [6.07, 6.45) is 3.23. The van der Waals surface area contributed by atoms with Crippen LogP contribution in [0.1, 0.15) is 35.8 Å². The number of urea groups is 1. The Hall–Kier alpha value is -3.22. The summed E-state index contributed by atoms with van der Waals surface area (Å²) in [6.45, 7) is -2.22. The molecule has 0 bridgehead atoms. The first-order valence-corrected chi connectivity index (χ1v) is 9.45. The predicted octanol–water partition coefficient (Wildman–Crippen LogP) is 4.64. The van der Waals surface area contributed by atoms with Crippen LogP contribution in [0.3, 0.4) is 0 Å². The van der Waals surface area contributed by atoms with E-state index in [0.29, 0.717) is 6.54 Å². The second kappa shape index (κ2) is 9.82. The molecule has 1 N–H and O–H groups in total. The van der Waals surface area contributed by atoms with Crippen molar-refractivity contribution in [3.8, 4) is 0 Å². The maximum Gasteiger partial charge on any atom is 0.319 e. The standard InChI is InChI=1S/C22H24F2N4O/c1-27(16-20-25-14-15-28(20)21(23)24)22(29)26-13-12-19(17-8-4-2-5-9-17)18-10-6-3-7-11-18/h2-11,14-15,19,21H,12-13,16H2,1H3,(H,26,29). The van der Waals surface area contributed by atoms with Crippen molar-refractivity contribution in [2.75, 3.05) is 13.6 Å². The monoisotopic (exact) mass is 398 g/mol. The van der Waals surface area contributed by atoms with Gasteiger partial charge in [0, 0.05) is 31.9 Å². The molecule has 3 aromatic rings. The first-order chi connectivity index (χ1) is 14.1. The number of benzene rings is 2. The summed E-state index contributed by atoms with van der Waals surface area (Å²) in [5, 5.41) is 2.88. The van der Waals surface area contributed by atoms with Crippen LogP contribution in [-0.4, -0.2) is 34.1 Å². The molecule has 0 atom stereocenters. The Kier molecular flexibility index (Phi) is 6.94. The zero-order valence-corrected chi connectivity index (χ0v) is 16.2. The highest BCUT2D eigenvalue weighted by molar-refractivity contribution is 5.73. The van der Waals surface area contributed by atoms with Gasteiger partial charge in [0.05, 0.1) is 6.54 Å². The summed E-state index contributed by atoms with van der Waals surface area (Å²) in [6, 6.07) is 20.0. The molecule has 0 fully saturated rings. The van der Waals surface area contributed by atoms with E-state index in [-0.39, 0.29) is 24.3 Å². The minimum Gasteiger partial charge on any atom is -0.338 e. The molecule has 7 heteroatoms. The predicted molar refractivity (Wildman–Crippen MR) is 108 cm³/mol. The molecule has 2 amide bonds. The van der Waals surface area contributed by atoms with Crippen molar-refractivity contribution in [1.29, 1.82) is 0 Å². The van der Waals surface area contributed by atoms with Gasteiger partial charge in [-0.3, -0.25) is 4.57 Å². The SMILES string of the molecule is CN(Cc1nccn1C(F)F)C(=O)NCCC(c1ccccc1)c1ccccc1. The largest absolute Gasteiger partial charge is 0.338 e. The quantitative estimate of drug-likeness (QED) is 0.601. The lowest BCUT2D eigenvalue weighted by Gasteiger charge is -2.21. The topological polar surface area (TPSA) is 50.2 Å². The molecule has 0 aliphatic carbocycles. The normalized spacial score (nSPS) is 11.1. The molecule has 152 valence electrons. The molecule has 0 radical (unpaired) electrons. The number of nitrogens with zero attached hydrogens (tertiary/aromatic N) is 3. The van der Waals surface area contributed by atoms with Crippen molar-refractivity contribution in [3.63, 3.8) is 0 Å². The molecule has 5 nitrogen and oxygen atoms in total. The van der Waals surface area contributed by atoms with Crippen LogP contribution in [0.15, 0.2) is 73.1 Å². The molecule has 3 rings (SSSR count). The van der Waals surface area contributed by atoms with E-state index in [2.05, 4.69) is 34.6 Å². The summed E-state index contributed by atoms with van der Waals surface area (Å²) in [4.78, 5) is 17.7. The maximum absolute atomic E-state index is 12.9. The molecule has 0 unspecified atom stereocenters. The third kappa shape index (κ3) is 5.40. The third-order valence-electron chi connectivity index (χ3n) is 4.80. The highest BCUT2D eigenvalue weighted by atomic mass is 19.3. The van der Waals surface area contributed by atoms with E-state index in [1.165, 1.54) is 28.4 Å². The minimum atomic E-state index is -2.68. The van der Waals surface area contributed by atoms with Crippen LogP contribution >= 0.6 is 0 Å². The van der Waals surface area contributed by atoms with E-state index < -0.39 is 6.55 Å². The molecule has 2 aromatic carbocycles. The van der Waals surface area contributed by atoms with Crippen molar-refractivity contribution in [2.45, 2.75) is 25.4 Å². The molecular formula is C22H24F2N4O. The lowest BCUT2D eigenvalue weighted by molar-refractivity contribution is 0.0651. The Labute approximate surface area is 169 Å². The number of carbonyl (C=O) groups is 1. The number of amides is 2. The second-order valence-corrected chi connectivity index (χ2v) is 6.78. The zero-order chi connectivity index (χ0) is 20.6. The van der Waals surface area contributed by atoms with E-state index in [9.17, 15) is 13.6 Å². The van der Waals surface area contributed by atoms with E-state index in [0.717, 1.165) is 11.0 Å². The number of rotatable bonds is 8. The van der Waals surface area contributed by atoms with Crippen LogP contribution in [0.4, 0.5) is 13.6 Å². The van der Waals surface area contributed by atoms with E-state index in [4.69, 9.17) is 0 Å². The van der Waals surface area contributed by atoms with E-state index in [1.807, 2.05) is 36.4 Å². The van der Waals surface area contributed by atoms with Crippen LogP contribution in [0.5, 0.6) is 0 Å². The Morgan fingerprint density at radius 3 is 2.21 bits per heavy atom. The lowest BCUT2D eigenvalue weighted by Crippen LogP contribution is -2.38. The third-order valence-corrected chi connectivity index (χ3v) is 4.80. The fraction of sp³-hybridized carbons (Fsp3) is 0.273. The number of imidazole rings is 1. The Balaban J connectivity index is 1.59. The summed E-state index contributed by atoms with van der Waals surface area (Å²) >= 11 is 0. The molecule has 0 aliphatic heterocycles. The van der Waals surface area contributed by atoms with Crippen LogP contribution in [-0.2, 0) is 6.54 Å². The first kappa shape index (κ1) is 20.5. The lowest BCUT2D eigenvalue weighted by atomic mass is 9.88. The zero-order valence-electron chi connectivity index (χ0n) is 16.2. The van der Waals surface area contributed by atoms with Crippen LogP contribution < -0.4 is 5.32 Å². The highest BCUT2D eigenvalue weighted by Crippen LogP contribution is 2.27. The molecular weight excluding hydrogens is 374 g/mol. The first-order valence-electron chi connectivity index (χ1n) is 9.45. The van der Waals surface area contributed by atoms with Gasteiger partial charge < -0.3 is 10.2 Å². The highest BCUT2D eigenvalue weighted by Gasteiger charge is 2.17. The molecule has 0 aliphatic rings. The van der Waals surface area contributed by atoms with Crippen molar-refractivity contribution in [3.05, 3.63) is 90.0 Å². The molecule has 0 saturated heterocycles. The van der Waals surface area contributed by atoms with Gasteiger partial charge in [-0.2, -0.15) is 8.78 Å². The fourth-order valence-electron chi connectivity index (χ4n) is 3.28. The Bertz CT molecular complexity index is 860. The number of nitrogens with one attached hydrogen (secondary N) is 1. The molecule has 0 spiro atoms. The number of aromatic nitrogens is 2.